The largest absolute Gasteiger partial charge is 0.497 e. The number of carbonyl (C=O) groups excluding carboxylic acids is 1. The number of nitrogens with one attached hydrogen (secondary N) is 2. The number of methoxy groups -OCH3 is 1. The molecule has 1 amide bonds. The monoisotopic (exact) mass is 323 g/mol. The third-order valence-corrected chi connectivity index (χ3v) is 3.47. The first-order chi connectivity index (χ1) is 9.02. The topological polar surface area (TPSA) is 67.0 Å². The van der Waals surface area contributed by atoms with Crippen molar-refractivity contribution in [3.8, 4) is 5.75 Å². The number of benzene rings is 1. The summed E-state index contributed by atoms with van der Waals surface area (Å²) in [5, 5.41) is 9.65. The van der Waals surface area contributed by atoms with E-state index in [0.717, 1.165) is 10.2 Å². The Balaban J connectivity index is 2.29. The summed E-state index contributed by atoms with van der Waals surface area (Å²) in [6, 6.07) is 5.39. The molecule has 6 heteroatoms. The molecule has 0 saturated heterocycles. The minimum atomic E-state index is -0.197. The fourth-order valence-corrected chi connectivity index (χ4v) is 2.14. The van der Waals surface area contributed by atoms with E-state index < -0.39 is 0 Å². The number of amides is 1. The molecule has 0 bridgehead atoms. The number of rotatable bonds is 3. The maximum atomic E-state index is 12.2. The molecule has 100 valence electrons. The number of nitrogens with zero attached hydrogens (tertiary/aromatic N) is 1. The lowest BCUT2D eigenvalue weighted by molar-refractivity contribution is 0.102. The molecule has 0 atom stereocenters. The first kappa shape index (κ1) is 13.6. The lowest BCUT2D eigenvalue weighted by Gasteiger charge is -2.09. The SMILES string of the molecule is COc1ccc(Br)c(NC(=O)c2c(C)n[nH]c2C)c1. The van der Waals surface area contributed by atoms with Gasteiger partial charge in [-0.25, -0.2) is 0 Å². The van der Waals surface area contributed by atoms with Gasteiger partial charge >= 0.3 is 0 Å². The predicted molar refractivity (Wildman–Crippen MR) is 76.7 cm³/mol. The number of halogens is 1. The van der Waals surface area contributed by atoms with Crippen molar-refractivity contribution in [2.45, 2.75) is 13.8 Å². The van der Waals surface area contributed by atoms with Crippen molar-refractivity contribution >= 4 is 27.5 Å². The molecule has 0 spiro atoms. The zero-order chi connectivity index (χ0) is 14.0. The highest BCUT2D eigenvalue weighted by atomic mass is 79.9. The van der Waals surface area contributed by atoms with Crippen LogP contribution in [-0.2, 0) is 0 Å². The van der Waals surface area contributed by atoms with Crippen LogP contribution >= 0.6 is 15.9 Å². The Morgan fingerprint density at radius 3 is 2.74 bits per heavy atom. The van der Waals surface area contributed by atoms with E-state index >= 15 is 0 Å². The number of aryl methyl sites for hydroxylation is 2. The molecule has 1 aromatic heterocycles. The highest BCUT2D eigenvalue weighted by Gasteiger charge is 2.16. The molecule has 1 heterocycles. The second kappa shape index (κ2) is 5.44. The van der Waals surface area contributed by atoms with Gasteiger partial charge in [0.05, 0.1) is 24.1 Å². The third kappa shape index (κ3) is 2.78. The van der Waals surface area contributed by atoms with Gasteiger partial charge in [-0.15, -0.1) is 0 Å². The Morgan fingerprint density at radius 2 is 2.16 bits per heavy atom. The van der Waals surface area contributed by atoms with Crippen LogP contribution in [0.15, 0.2) is 22.7 Å². The number of aromatic amines is 1. The minimum Gasteiger partial charge on any atom is -0.497 e. The number of anilines is 1. The molecule has 0 aliphatic rings. The van der Waals surface area contributed by atoms with Crippen LogP contribution in [0.2, 0.25) is 0 Å². The second-order valence-corrected chi connectivity index (χ2v) is 4.96. The fourth-order valence-electron chi connectivity index (χ4n) is 1.80. The Bertz CT molecular complexity index is 603. The van der Waals surface area contributed by atoms with E-state index in [1.54, 1.807) is 20.1 Å². The summed E-state index contributed by atoms with van der Waals surface area (Å²) in [5.74, 6) is 0.483. The molecule has 0 radical (unpaired) electrons. The standard InChI is InChI=1S/C13H14BrN3O2/c1-7-12(8(2)17-16-7)13(18)15-11-6-9(19-3)4-5-10(11)14/h4-6H,1-3H3,(H,15,18)(H,16,17). The van der Waals surface area contributed by atoms with Gasteiger partial charge < -0.3 is 10.1 Å². The number of ether oxygens (including phenoxy) is 1. The lowest BCUT2D eigenvalue weighted by atomic mass is 10.2. The molecule has 0 saturated carbocycles. The van der Waals surface area contributed by atoms with Gasteiger partial charge in [0.25, 0.3) is 5.91 Å². The molecule has 5 nitrogen and oxygen atoms in total. The van der Waals surface area contributed by atoms with Crippen molar-refractivity contribution in [2.75, 3.05) is 12.4 Å². The van der Waals surface area contributed by atoms with Gasteiger partial charge in [-0.2, -0.15) is 5.10 Å². The van der Waals surface area contributed by atoms with Crippen molar-refractivity contribution in [1.29, 1.82) is 0 Å². The van der Waals surface area contributed by atoms with Crippen molar-refractivity contribution < 1.29 is 9.53 Å². The quantitative estimate of drug-likeness (QED) is 0.912. The molecule has 0 fully saturated rings. The van der Waals surface area contributed by atoms with Gasteiger partial charge in [-0.05, 0) is 41.9 Å². The van der Waals surface area contributed by atoms with Gasteiger partial charge in [0.15, 0.2) is 0 Å². The number of H-pyrrole nitrogens is 1. The summed E-state index contributed by atoms with van der Waals surface area (Å²) >= 11 is 3.39. The molecule has 0 unspecified atom stereocenters. The molecule has 19 heavy (non-hydrogen) atoms. The lowest BCUT2D eigenvalue weighted by Crippen LogP contribution is -2.14. The van der Waals surface area contributed by atoms with Crippen LogP contribution in [0.1, 0.15) is 21.7 Å². The Morgan fingerprint density at radius 1 is 1.42 bits per heavy atom. The average Bonchev–Trinajstić information content (AvgIpc) is 2.71. The number of hydrogen-bond donors (Lipinski definition) is 2. The van der Waals surface area contributed by atoms with E-state index in [0.29, 0.717) is 22.7 Å². The highest BCUT2D eigenvalue weighted by Crippen LogP contribution is 2.27. The summed E-state index contributed by atoms with van der Waals surface area (Å²) in [7, 11) is 1.58. The van der Waals surface area contributed by atoms with Crippen molar-refractivity contribution in [2.24, 2.45) is 0 Å². The zero-order valence-corrected chi connectivity index (χ0v) is 12.5. The fraction of sp³-hybridized carbons (Fsp3) is 0.231. The van der Waals surface area contributed by atoms with Crippen LogP contribution in [0.4, 0.5) is 5.69 Å². The Labute approximate surface area is 119 Å². The molecule has 0 aliphatic heterocycles. The van der Waals surface area contributed by atoms with Crippen molar-refractivity contribution in [1.82, 2.24) is 10.2 Å². The first-order valence-electron chi connectivity index (χ1n) is 5.69. The third-order valence-electron chi connectivity index (χ3n) is 2.78. The van der Waals surface area contributed by atoms with E-state index in [9.17, 15) is 4.79 Å². The summed E-state index contributed by atoms with van der Waals surface area (Å²) in [6.45, 7) is 3.61. The molecule has 1 aromatic carbocycles. The van der Waals surface area contributed by atoms with Crippen molar-refractivity contribution in [3.05, 3.63) is 39.6 Å². The molecule has 2 aromatic rings. The summed E-state index contributed by atoms with van der Waals surface area (Å²) in [4.78, 5) is 12.2. The summed E-state index contributed by atoms with van der Waals surface area (Å²) in [5.41, 5.74) is 2.64. The van der Waals surface area contributed by atoms with Gasteiger partial charge in [-0.3, -0.25) is 9.89 Å². The molecule has 0 aliphatic carbocycles. The van der Waals surface area contributed by atoms with E-state index in [1.165, 1.54) is 0 Å². The first-order valence-corrected chi connectivity index (χ1v) is 6.48. The predicted octanol–water partition coefficient (Wildman–Crippen LogP) is 3.05. The number of aromatic nitrogens is 2. The maximum absolute atomic E-state index is 12.2. The molecule has 2 rings (SSSR count). The normalized spacial score (nSPS) is 10.3. The van der Waals surface area contributed by atoms with Crippen LogP contribution in [0.5, 0.6) is 5.75 Å². The van der Waals surface area contributed by atoms with Crippen molar-refractivity contribution in [3.63, 3.8) is 0 Å². The minimum absolute atomic E-state index is 0.197. The van der Waals surface area contributed by atoms with E-state index in [1.807, 2.05) is 19.1 Å². The number of carbonyl (C=O) groups is 1. The molecular formula is C13H14BrN3O2. The smallest absolute Gasteiger partial charge is 0.259 e. The average molecular weight is 324 g/mol. The van der Waals surface area contributed by atoms with Crippen LogP contribution in [0.3, 0.4) is 0 Å². The highest BCUT2D eigenvalue weighted by molar-refractivity contribution is 9.10. The van der Waals surface area contributed by atoms with E-state index in [-0.39, 0.29) is 5.91 Å². The van der Waals surface area contributed by atoms with Crippen LogP contribution < -0.4 is 10.1 Å². The molecular weight excluding hydrogens is 310 g/mol. The van der Waals surface area contributed by atoms with Crippen LogP contribution in [-0.4, -0.2) is 23.2 Å². The zero-order valence-electron chi connectivity index (χ0n) is 10.9. The van der Waals surface area contributed by atoms with E-state index in [2.05, 4.69) is 31.4 Å². The van der Waals surface area contributed by atoms with Gasteiger partial charge in [0, 0.05) is 16.2 Å². The number of hydrogen-bond acceptors (Lipinski definition) is 3. The Kier molecular flexibility index (Phi) is 3.90. The molecule has 2 N–H and O–H groups in total. The summed E-state index contributed by atoms with van der Waals surface area (Å²) < 4.78 is 5.93. The van der Waals surface area contributed by atoms with Gasteiger partial charge in [0.2, 0.25) is 0 Å². The van der Waals surface area contributed by atoms with Gasteiger partial charge in [0.1, 0.15) is 5.75 Å². The Hall–Kier alpha value is -1.82. The van der Waals surface area contributed by atoms with Gasteiger partial charge in [-0.1, -0.05) is 0 Å². The van der Waals surface area contributed by atoms with Crippen LogP contribution in [0.25, 0.3) is 0 Å². The van der Waals surface area contributed by atoms with E-state index in [4.69, 9.17) is 4.74 Å². The maximum Gasteiger partial charge on any atom is 0.259 e. The second-order valence-electron chi connectivity index (χ2n) is 4.11. The van der Waals surface area contributed by atoms with Crippen LogP contribution in [0, 0.1) is 13.8 Å². The summed E-state index contributed by atoms with van der Waals surface area (Å²) in [6.07, 6.45) is 0.